The molecule has 3 aromatic carbocycles. The second-order valence-corrected chi connectivity index (χ2v) is 9.38. The number of hydrogen-bond donors (Lipinski definition) is 1. The lowest BCUT2D eigenvalue weighted by atomic mass is 9.99. The van der Waals surface area contributed by atoms with Crippen LogP contribution in [0.4, 0.5) is 5.69 Å². The lowest BCUT2D eigenvalue weighted by molar-refractivity contribution is -0.113. The van der Waals surface area contributed by atoms with Crippen molar-refractivity contribution < 1.29 is 4.79 Å². The van der Waals surface area contributed by atoms with Crippen LogP contribution < -0.4 is 5.32 Å². The Morgan fingerprint density at radius 1 is 1.00 bits per heavy atom. The largest absolute Gasteiger partial charge is 0.325 e. The molecule has 162 valence electrons. The summed E-state index contributed by atoms with van der Waals surface area (Å²) >= 11 is 10.7. The first kappa shape index (κ1) is 23.1. The van der Waals surface area contributed by atoms with E-state index < -0.39 is 0 Å². The Morgan fingerprint density at radius 2 is 1.70 bits per heavy atom. The van der Waals surface area contributed by atoms with Gasteiger partial charge in [0.25, 0.3) is 0 Å². The molecule has 1 heterocycles. The average molecular weight is 535 g/mol. The van der Waals surface area contributed by atoms with E-state index in [1.165, 1.54) is 11.8 Å². The molecule has 0 spiro atoms. The van der Waals surface area contributed by atoms with Crippen molar-refractivity contribution in [1.29, 1.82) is 5.26 Å². The second-order valence-electron chi connectivity index (χ2n) is 7.06. The van der Waals surface area contributed by atoms with Crippen molar-refractivity contribution in [3.63, 3.8) is 0 Å². The Morgan fingerprint density at radius 3 is 2.36 bits per heavy atom. The van der Waals surface area contributed by atoms with Crippen LogP contribution in [-0.2, 0) is 4.79 Å². The lowest BCUT2D eigenvalue weighted by Gasteiger charge is -2.13. The fraction of sp³-hybridized carbons (Fsp3) is 0.0385. The molecule has 1 N–H and O–H groups in total. The number of amides is 1. The van der Waals surface area contributed by atoms with Crippen LogP contribution in [0.3, 0.4) is 0 Å². The third kappa shape index (κ3) is 5.82. The fourth-order valence-electron chi connectivity index (χ4n) is 3.21. The monoisotopic (exact) mass is 533 g/mol. The standard InChI is InChI=1S/C26H17BrClN3OS/c27-19-8-12-21(13-9-19)30-25(32)16-33-26-23(15-29)22(17-4-2-1-3-5-17)14-24(31-26)18-6-10-20(28)11-7-18/h1-14H,16H2,(H,30,32). The molecular formula is C26H17BrClN3OS. The fourth-order valence-corrected chi connectivity index (χ4v) is 4.41. The van der Waals surface area contributed by atoms with Gasteiger partial charge in [0.15, 0.2) is 0 Å². The molecule has 0 radical (unpaired) electrons. The third-order valence-electron chi connectivity index (χ3n) is 4.79. The highest BCUT2D eigenvalue weighted by molar-refractivity contribution is 9.10. The van der Waals surface area contributed by atoms with E-state index in [1.54, 1.807) is 12.1 Å². The van der Waals surface area contributed by atoms with E-state index in [0.717, 1.165) is 21.2 Å². The summed E-state index contributed by atoms with van der Waals surface area (Å²) in [6.45, 7) is 0. The van der Waals surface area contributed by atoms with E-state index in [9.17, 15) is 10.1 Å². The van der Waals surface area contributed by atoms with Crippen LogP contribution in [0.25, 0.3) is 22.4 Å². The molecule has 4 nitrogen and oxygen atoms in total. The molecule has 4 aromatic rings. The Kier molecular flexibility index (Phi) is 7.46. The van der Waals surface area contributed by atoms with Gasteiger partial charge < -0.3 is 5.32 Å². The van der Waals surface area contributed by atoms with Crippen molar-refractivity contribution in [2.75, 3.05) is 11.1 Å². The summed E-state index contributed by atoms with van der Waals surface area (Å²) in [5.74, 6) is -0.0538. The van der Waals surface area contributed by atoms with E-state index in [0.29, 0.717) is 27.0 Å². The minimum Gasteiger partial charge on any atom is -0.325 e. The van der Waals surface area contributed by atoms with Crippen molar-refractivity contribution in [3.05, 3.63) is 100.0 Å². The summed E-state index contributed by atoms with van der Waals surface area (Å²) in [7, 11) is 0. The van der Waals surface area contributed by atoms with Gasteiger partial charge in [-0.3, -0.25) is 4.79 Å². The molecule has 0 aliphatic rings. The maximum absolute atomic E-state index is 12.5. The van der Waals surface area contributed by atoms with E-state index in [2.05, 4.69) is 27.3 Å². The smallest absolute Gasteiger partial charge is 0.234 e. The predicted molar refractivity (Wildman–Crippen MR) is 138 cm³/mol. The number of pyridine rings is 1. The van der Waals surface area contributed by atoms with Crippen molar-refractivity contribution in [1.82, 2.24) is 4.98 Å². The van der Waals surface area contributed by atoms with Crippen molar-refractivity contribution in [3.8, 4) is 28.5 Å². The summed E-state index contributed by atoms with van der Waals surface area (Å²) in [4.78, 5) is 17.3. The summed E-state index contributed by atoms with van der Waals surface area (Å²) in [5.41, 5.74) is 4.42. The molecule has 1 amide bonds. The lowest BCUT2D eigenvalue weighted by Crippen LogP contribution is -2.14. The van der Waals surface area contributed by atoms with Crippen LogP contribution in [0.2, 0.25) is 5.02 Å². The number of nitrogens with zero attached hydrogens (tertiary/aromatic N) is 2. The van der Waals surface area contributed by atoms with Crippen molar-refractivity contribution in [2.45, 2.75) is 5.03 Å². The first-order chi connectivity index (χ1) is 16.0. The van der Waals surface area contributed by atoms with Gasteiger partial charge in [0.1, 0.15) is 11.1 Å². The average Bonchev–Trinajstić information content (AvgIpc) is 2.84. The Labute approximate surface area is 209 Å². The number of thioether (sulfide) groups is 1. The molecule has 0 aliphatic heterocycles. The topological polar surface area (TPSA) is 65.8 Å². The summed E-state index contributed by atoms with van der Waals surface area (Å²) < 4.78 is 0.935. The van der Waals surface area contributed by atoms with Gasteiger partial charge >= 0.3 is 0 Å². The second kappa shape index (κ2) is 10.7. The normalized spacial score (nSPS) is 10.5. The highest BCUT2D eigenvalue weighted by Crippen LogP contribution is 2.34. The van der Waals surface area contributed by atoms with Crippen LogP contribution >= 0.6 is 39.3 Å². The predicted octanol–water partition coefficient (Wildman–Crippen LogP) is 7.43. The Bertz CT molecular complexity index is 1320. The van der Waals surface area contributed by atoms with E-state index >= 15 is 0 Å². The zero-order valence-corrected chi connectivity index (χ0v) is 20.4. The SMILES string of the molecule is N#Cc1c(-c2ccccc2)cc(-c2ccc(Cl)cc2)nc1SCC(=O)Nc1ccc(Br)cc1. The third-order valence-corrected chi connectivity index (χ3v) is 6.55. The first-order valence-corrected chi connectivity index (χ1v) is 12.1. The number of aromatic nitrogens is 1. The van der Waals surface area contributed by atoms with Gasteiger partial charge in [-0.1, -0.05) is 81.8 Å². The highest BCUT2D eigenvalue weighted by atomic mass is 79.9. The van der Waals surface area contributed by atoms with E-state index in [-0.39, 0.29) is 11.7 Å². The van der Waals surface area contributed by atoms with Crippen molar-refractivity contribution >= 4 is 50.9 Å². The van der Waals surface area contributed by atoms with Gasteiger partial charge in [-0.05, 0) is 48.0 Å². The number of carbonyl (C=O) groups excluding carboxylic acids is 1. The number of benzene rings is 3. The van der Waals surface area contributed by atoms with Crippen LogP contribution in [0.1, 0.15) is 5.56 Å². The molecule has 1 aromatic heterocycles. The number of nitriles is 1. The minimum absolute atomic E-state index is 0.121. The number of halogens is 2. The number of anilines is 1. The number of nitrogens with one attached hydrogen (secondary N) is 1. The van der Waals surface area contributed by atoms with Crippen LogP contribution in [0.15, 0.2) is 94.4 Å². The summed E-state index contributed by atoms with van der Waals surface area (Å²) in [5, 5.41) is 14.0. The molecular weight excluding hydrogens is 518 g/mol. The zero-order chi connectivity index (χ0) is 23.2. The molecule has 4 rings (SSSR count). The van der Waals surface area contributed by atoms with Gasteiger partial charge in [-0.2, -0.15) is 5.26 Å². The Balaban J connectivity index is 1.67. The minimum atomic E-state index is -0.175. The van der Waals surface area contributed by atoms with Crippen LogP contribution in [-0.4, -0.2) is 16.6 Å². The molecule has 0 unspecified atom stereocenters. The molecule has 0 bridgehead atoms. The quantitative estimate of drug-likeness (QED) is 0.261. The molecule has 0 fully saturated rings. The van der Waals surface area contributed by atoms with Gasteiger partial charge in [0.2, 0.25) is 5.91 Å². The summed E-state index contributed by atoms with van der Waals surface area (Å²) in [6, 6.07) is 28.6. The molecule has 33 heavy (non-hydrogen) atoms. The van der Waals surface area contributed by atoms with Gasteiger partial charge in [-0.25, -0.2) is 4.98 Å². The van der Waals surface area contributed by atoms with Gasteiger partial charge in [0, 0.05) is 26.3 Å². The molecule has 0 atom stereocenters. The zero-order valence-electron chi connectivity index (χ0n) is 17.3. The van der Waals surface area contributed by atoms with Crippen LogP contribution in [0.5, 0.6) is 0 Å². The van der Waals surface area contributed by atoms with Crippen LogP contribution in [0, 0.1) is 11.3 Å². The van der Waals surface area contributed by atoms with Gasteiger partial charge in [-0.15, -0.1) is 0 Å². The number of carbonyl (C=O) groups is 1. The molecule has 7 heteroatoms. The first-order valence-electron chi connectivity index (χ1n) is 9.98. The number of rotatable bonds is 6. The van der Waals surface area contributed by atoms with Gasteiger partial charge in [0.05, 0.1) is 17.0 Å². The Hall–Kier alpha value is -3.11. The van der Waals surface area contributed by atoms with E-state index in [4.69, 9.17) is 16.6 Å². The maximum Gasteiger partial charge on any atom is 0.234 e. The summed E-state index contributed by atoms with van der Waals surface area (Å²) in [6.07, 6.45) is 0. The van der Waals surface area contributed by atoms with Crippen molar-refractivity contribution in [2.24, 2.45) is 0 Å². The molecule has 0 aliphatic carbocycles. The highest BCUT2D eigenvalue weighted by Gasteiger charge is 2.17. The maximum atomic E-state index is 12.5. The van der Waals surface area contributed by atoms with E-state index in [1.807, 2.05) is 72.8 Å². The molecule has 0 saturated carbocycles. The number of hydrogen-bond acceptors (Lipinski definition) is 4. The molecule has 0 saturated heterocycles.